The Morgan fingerprint density at radius 1 is 1.20 bits per heavy atom. The molecule has 0 spiro atoms. The third-order valence-electron chi connectivity index (χ3n) is 0.824. The van der Waals surface area contributed by atoms with Crippen molar-refractivity contribution in [2.45, 2.75) is 0 Å². The molecule has 1 rings (SSSR count). The van der Waals surface area contributed by atoms with E-state index in [4.69, 9.17) is 0 Å². The first kappa shape index (κ1) is 9.19. The van der Waals surface area contributed by atoms with Crippen molar-refractivity contribution in [3.05, 3.63) is 34.6 Å². The van der Waals surface area contributed by atoms with E-state index in [1.807, 2.05) is 0 Å². The lowest BCUT2D eigenvalue weighted by molar-refractivity contribution is 0.621. The van der Waals surface area contributed by atoms with Crippen LogP contribution in [0.25, 0.3) is 0 Å². The average molecular weight is 201 g/mol. The van der Waals surface area contributed by atoms with Crippen LogP contribution in [0.1, 0.15) is 0 Å². The zero-order valence-electron chi connectivity index (χ0n) is 5.22. The molecule has 0 saturated carbocycles. The molecule has 0 N–H and O–H groups in total. The summed E-state index contributed by atoms with van der Waals surface area (Å²) in [5.41, 5.74) is 0. The fraction of sp³-hybridized carbons (Fsp3) is 0. The van der Waals surface area contributed by atoms with E-state index >= 15 is 0 Å². The molecule has 2 heteroatoms. The van der Waals surface area contributed by atoms with Gasteiger partial charge in [-0.05, 0) is 28.1 Å². The Kier molecular flexibility index (Phi) is 4.61. The van der Waals surface area contributed by atoms with Gasteiger partial charge >= 0.3 is 0 Å². The van der Waals surface area contributed by atoms with Gasteiger partial charge in [0, 0.05) is 0 Å². The molecule has 0 fully saturated rings. The topological polar surface area (TPSA) is 0 Å². The Balaban J connectivity index is 0.000000371. The minimum atomic E-state index is -0.215. The molecule has 0 aromatic heterocycles. The van der Waals surface area contributed by atoms with Crippen LogP contribution in [0, 0.1) is 18.7 Å². The van der Waals surface area contributed by atoms with Crippen molar-refractivity contribution in [1.29, 1.82) is 0 Å². The summed E-state index contributed by atoms with van der Waals surface area (Å²) in [6, 6.07) is 6.49. The third-order valence-corrected chi connectivity index (χ3v) is 1.47. The van der Waals surface area contributed by atoms with Crippen molar-refractivity contribution in [3.8, 4) is 12.8 Å². The van der Waals surface area contributed by atoms with Gasteiger partial charge in [-0.3, -0.25) is 0 Å². The monoisotopic (exact) mass is 200 g/mol. The number of hydrogen-bond donors (Lipinski definition) is 0. The molecular weight excluding hydrogens is 195 g/mol. The van der Waals surface area contributed by atoms with Crippen molar-refractivity contribution in [3.63, 3.8) is 0 Å². The van der Waals surface area contributed by atoms with Crippen LogP contribution in [0.15, 0.2) is 28.7 Å². The molecule has 0 amide bonds. The molecule has 0 bridgehead atoms. The Morgan fingerprint density at radius 3 is 2.00 bits per heavy atom. The summed E-state index contributed by atoms with van der Waals surface area (Å²) < 4.78 is 12.8. The molecule has 0 aliphatic heterocycles. The van der Waals surface area contributed by atoms with E-state index in [-0.39, 0.29) is 5.82 Å². The van der Waals surface area contributed by atoms with Gasteiger partial charge < -0.3 is 0 Å². The average Bonchev–Trinajstić information content (AvgIpc) is 2.00. The summed E-state index contributed by atoms with van der Waals surface area (Å²) in [5, 5.41) is 0. The van der Waals surface area contributed by atoms with E-state index in [1.165, 1.54) is 6.07 Å². The zero-order chi connectivity index (χ0) is 7.98. The number of halogens is 2. The Hall–Kier alpha value is -0.810. The highest BCUT2D eigenvalue weighted by molar-refractivity contribution is 9.10. The van der Waals surface area contributed by atoms with E-state index in [0.29, 0.717) is 4.47 Å². The second-order valence-electron chi connectivity index (χ2n) is 1.41. The summed E-state index contributed by atoms with van der Waals surface area (Å²) in [4.78, 5) is 0. The van der Waals surface area contributed by atoms with Gasteiger partial charge in [0.25, 0.3) is 0 Å². The molecule has 1 aromatic carbocycles. The minimum Gasteiger partial charge on any atom is -0.206 e. The van der Waals surface area contributed by atoms with Crippen LogP contribution >= 0.6 is 15.9 Å². The van der Waals surface area contributed by atoms with E-state index < -0.39 is 0 Å². The van der Waals surface area contributed by atoms with E-state index in [1.54, 1.807) is 18.2 Å². The van der Waals surface area contributed by atoms with Gasteiger partial charge in [0.2, 0.25) is 0 Å². The first-order valence-corrected chi connectivity index (χ1v) is 3.33. The summed E-state index contributed by atoms with van der Waals surface area (Å²) in [6.07, 6.45) is 8.00. The van der Waals surface area contributed by atoms with Crippen LogP contribution in [0.4, 0.5) is 4.39 Å². The first-order valence-electron chi connectivity index (χ1n) is 2.54. The summed E-state index contributed by atoms with van der Waals surface area (Å²) in [6.45, 7) is 0. The van der Waals surface area contributed by atoms with Crippen LogP contribution in [0.5, 0.6) is 0 Å². The number of hydrogen-bond acceptors (Lipinski definition) is 0. The molecule has 1 aromatic rings. The van der Waals surface area contributed by atoms with Crippen molar-refractivity contribution in [2.75, 3.05) is 0 Å². The van der Waals surface area contributed by atoms with Crippen LogP contribution in [0.3, 0.4) is 0 Å². The van der Waals surface area contributed by atoms with E-state index in [9.17, 15) is 4.39 Å². The van der Waals surface area contributed by atoms with Gasteiger partial charge in [0.1, 0.15) is 5.82 Å². The summed E-state index contributed by atoms with van der Waals surface area (Å²) in [7, 11) is 0. The molecule has 52 valence electrons. The molecule has 0 unspecified atom stereocenters. The second kappa shape index (κ2) is 5.01. The van der Waals surface area contributed by atoms with Crippen LogP contribution in [-0.2, 0) is 0 Å². The maximum atomic E-state index is 12.3. The van der Waals surface area contributed by atoms with Gasteiger partial charge in [-0.25, -0.2) is 4.39 Å². The van der Waals surface area contributed by atoms with Gasteiger partial charge in [-0.2, -0.15) is 0 Å². The van der Waals surface area contributed by atoms with Gasteiger partial charge in [-0.1, -0.05) is 12.1 Å². The van der Waals surface area contributed by atoms with Gasteiger partial charge in [-0.15, -0.1) is 12.8 Å². The van der Waals surface area contributed by atoms with Crippen LogP contribution < -0.4 is 0 Å². The van der Waals surface area contributed by atoms with Crippen molar-refractivity contribution < 1.29 is 4.39 Å². The lowest BCUT2D eigenvalue weighted by Crippen LogP contribution is -1.70. The minimum absolute atomic E-state index is 0.215. The highest BCUT2D eigenvalue weighted by Crippen LogP contribution is 2.12. The zero-order valence-corrected chi connectivity index (χ0v) is 6.81. The number of rotatable bonds is 0. The van der Waals surface area contributed by atoms with Gasteiger partial charge in [0.15, 0.2) is 0 Å². The maximum absolute atomic E-state index is 12.3. The molecule has 0 saturated heterocycles. The normalized spacial score (nSPS) is 7.60. The van der Waals surface area contributed by atoms with E-state index in [0.717, 1.165) is 0 Å². The lowest BCUT2D eigenvalue weighted by atomic mass is 10.4. The summed E-state index contributed by atoms with van der Waals surface area (Å²) in [5.74, 6) is -0.215. The van der Waals surface area contributed by atoms with Crippen molar-refractivity contribution in [1.82, 2.24) is 0 Å². The van der Waals surface area contributed by atoms with Crippen molar-refractivity contribution >= 4 is 15.9 Å². The lowest BCUT2D eigenvalue weighted by Gasteiger charge is -1.87. The molecule has 10 heavy (non-hydrogen) atoms. The van der Waals surface area contributed by atoms with Crippen molar-refractivity contribution in [2.24, 2.45) is 0 Å². The Bertz CT molecular complexity index is 196. The highest BCUT2D eigenvalue weighted by atomic mass is 79.9. The number of benzene rings is 1. The fourth-order valence-corrected chi connectivity index (χ4v) is 0.724. The smallest absolute Gasteiger partial charge is 0.137 e. The fourth-order valence-electron chi connectivity index (χ4n) is 0.439. The molecule has 0 nitrogen and oxygen atoms in total. The first-order chi connectivity index (χ1) is 4.80. The number of terminal acetylenes is 1. The van der Waals surface area contributed by atoms with Crippen LogP contribution in [-0.4, -0.2) is 0 Å². The standard InChI is InChI=1S/C6H4BrF.C2H2/c7-5-3-1-2-4-6(5)8;1-2/h1-4H;1-2H. The molecular formula is C8H6BrF. The predicted molar refractivity (Wildman–Crippen MR) is 44.0 cm³/mol. The molecule has 0 atom stereocenters. The van der Waals surface area contributed by atoms with E-state index in [2.05, 4.69) is 28.8 Å². The Labute approximate surface area is 68.2 Å². The van der Waals surface area contributed by atoms with Gasteiger partial charge in [0.05, 0.1) is 4.47 Å². The summed E-state index contributed by atoms with van der Waals surface area (Å²) >= 11 is 3.02. The molecule has 0 heterocycles. The SMILES string of the molecule is C#C.Fc1ccccc1Br. The largest absolute Gasteiger partial charge is 0.206 e. The highest BCUT2D eigenvalue weighted by Gasteiger charge is 1.90. The molecule has 0 radical (unpaired) electrons. The Morgan fingerprint density at radius 2 is 1.70 bits per heavy atom. The quantitative estimate of drug-likeness (QED) is 0.566. The predicted octanol–water partition coefficient (Wildman–Crippen LogP) is 2.84. The second-order valence-corrected chi connectivity index (χ2v) is 2.27. The van der Waals surface area contributed by atoms with Crippen LogP contribution in [0.2, 0.25) is 0 Å². The third kappa shape index (κ3) is 2.65. The molecule has 0 aliphatic carbocycles. The maximum Gasteiger partial charge on any atom is 0.137 e. The molecule has 0 aliphatic rings.